The Morgan fingerprint density at radius 2 is 2.11 bits per heavy atom. The van der Waals surface area contributed by atoms with E-state index in [1.165, 1.54) is 6.42 Å². The number of benzene rings is 1. The summed E-state index contributed by atoms with van der Waals surface area (Å²) < 4.78 is 6.20. The zero-order valence-electron chi connectivity index (χ0n) is 12.1. The van der Waals surface area contributed by atoms with Crippen LogP contribution in [-0.4, -0.2) is 6.10 Å². The van der Waals surface area contributed by atoms with Crippen LogP contribution in [-0.2, 0) is 6.54 Å². The summed E-state index contributed by atoms with van der Waals surface area (Å²) in [5.41, 5.74) is 7.14. The highest BCUT2D eigenvalue weighted by molar-refractivity contribution is 6.30. The van der Waals surface area contributed by atoms with Crippen molar-refractivity contribution in [3.63, 3.8) is 0 Å². The van der Waals surface area contributed by atoms with Crippen molar-refractivity contribution >= 4 is 11.6 Å². The zero-order chi connectivity index (χ0) is 14.0. The van der Waals surface area contributed by atoms with E-state index >= 15 is 0 Å². The van der Waals surface area contributed by atoms with Crippen LogP contribution in [0, 0.1) is 11.3 Å². The highest BCUT2D eigenvalue weighted by Crippen LogP contribution is 2.40. The molecule has 0 bridgehead atoms. The van der Waals surface area contributed by atoms with E-state index in [9.17, 15) is 0 Å². The summed E-state index contributed by atoms with van der Waals surface area (Å²) in [7, 11) is 0. The zero-order valence-corrected chi connectivity index (χ0v) is 12.8. The fourth-order valence-electron chi connectivity index (χ4n) is 3.33. The van der Waals surface area contributed by atoms with Crippen molar-refractivity contribution in [3.05, 3.63) is 28.8 Å². The molecule has 2 nitrogen and oxygen atoms in total. The van der Waals surface area contributed by atoms with Gasteiger partial charge in [0.25, 0.3) is 0 Å². The van der Waals surface area contributed by atoms with Crippen LogP contribution in [0.4, 0.5) is 0 Å². The Bertz CT molecular complexity index is 444. The van der Waals surface area contributed by atoms with Crippen molar-refractivity contribution < 1.29 is 4.74 Å². The molecule has 1 aromatic carbocycles. The van der Waals surface area contributed by atoms with Crippen LogP contribution in [0.5, 0.6) is 5.75 Å². The molecule has 2 atom stereocenters. The molecule has 1 fully saturated rings. The molecular formula is C16H24ClNO. The quantitative estimate of drug-likeness (QED) is 0.892. The molecule has 3 heteroatoms. The number of nitrogens with two attached hydrogens (primary N) is 1. The normalized spacial score (nSPS) is 26.2. The smallest absolute Gasteiger partial charge is 0.125 e. The Morgan fingerprint density at radius 1 is 1.37 bits per heavy atom. The van der Waals surface area contributed by atoms with Crippen LogP contribution in [0.2, 0.25) is 5.02 Å². The second-order valence-electron chi connectivity index (χ2n) is 6.61. The first kappa shape index (κ1) is 14.7. The van der Waals surface area contributed by atoms with Gasteiger partial charge in [-0.1, -0.05) is 38.4 Å². The second kappa shape index (κ2) is 5.72. The van der Waals surface area contributed by atoms with Crippen molar-refractivity contribution in [2.45, 2.75) is 52.7 Å². The maximum absolute atomic E-state index is 6.20. The van der Waals surface area contributed by atoms with Crippen molar-refractivity contribution in [1.29, 1.82) is 0 Å². The van der Waals surface area contributed by atoms with Crippen molar-refractivity contribution in [2.24, 2.45) is 17.1 Å². The van der Waals surface area contributed by atoms with E-state index in [2.05, 4.69) is 20.8 Å². The second-order valence-corrected chi connectivity index (χ2v) is 7.05. The minimum atomic E-state index is 0.266. The predicted molar refractivity (Wildman–Crippen MR) is 80.6 cm³/mol. The molecule has 1 aromatic rings. The molecule has 19 heavy (non-hydrogen) atoms. The van der Waals surface area contributed by atoms with Crippen molar-refractivity contribution in [3.8, 4) is 5.75 Å². The average molecular weight is 282 g/mol. The third-order valence-corrected chi connectivity index (χ3v) is 4.12. The van der Waals surface area contributed by atoms with Crippen LogP contribution in [0.1, 0.15) is 45.6 Å². The molecule has 2 N–H and O–H groups in total. The summed E-state index contributed by atoms with van der Waals surface area (Å²) in [4.78, 5) is 0. The molecule has 0 aromatic heterocycles. The maximum atomic E-state index is 6.20. The third-order valence-electron chi connectivity index (χ3n) is 3.89. The average Bonchev–Trinajstić information content (AvgIpc) is 2.26. The number of hydrogen-bond donors (Lipinski definition) is 1. The Kier molecular flexibility index (Phi) is 4.42. The Morgan fingerprint density at radius 3 is 2.74 bits per heavy atom. The van der Waals surface area contributed by atoms with Gasteiger partial charge in [0.05, 0.1) is 6.10 Å². The fraction of sp³-hybridized carbons (Fsp3) is 0.625. The van der Waals surface area contributed by atoms with E-state index in [0.29, 0.717) is 22.9 Å². The molecule has 0 heterocycles. The molecule has 0 spiro atoms. The van der Waals surface area contributed by atoms with E-state index in [1.807, 2.05) is 18.2 Å². The summed E-state index contributed by atoms with van der Waals surface area (Å²) in [6, 6.07) is 5.70. The van der Waals surface area contributed by atoms with Gasteiger partial charge in [0, 0.05) is 17.1 Å². The molecule has 2 rings (SSSR count). The first-order valence-corrected chi connectivity index (χ1v) is 7.42. The molecule has 0 aliphatic heterocycles. The van der Waals surface area contributed by atoms with E-state index in [0.717, 1.165) is 24.2 Å². The van der Waals surface area contributed by atoms with E-state index < -0.39 is 0 Å². The number of rotatable bonds is 3. The number of hydrogen-bond acceptors (Lipinski definition) is 2. The Labute approximate surface area is 121 Å². The standard InChI is InChI=1S/C16H24ClNO/c1-11-6-14(9-16(2,3)8-11)19-15-7-13(17)5-4-12(15)10-18/h4-5,7,11,14H,6,8-10,18H2,1-3H3. The van der Waals surface area contributed by atoms with Gasteiger partial charge in [-0.05, 0) is 42.7 Å². The molecule has 106 valence electrons. The molecule has 0 saturated heterocycles. The molecule has 1 aliphatic carbocycles. The largest absolute Gasteiger partial charge is 0.490 e. The van der Waals surface area contributed by atoms with Gasteiger partial charge in [-0.25, -0.2) is 0 Å². The van der Waals surface area contributed by atoms with Gasteiger partial charge in [-0.2, -0.15) is 0 Å². The molecule has 2 unspecified atom stereocenters. The molecular weight excluding hydrogens is 258 g/mol. The van der Waals surface area contributed by atoms with Gasteiger partial charge in [-0.15, -0.1) is 0 Å². The van der Waals surface area contributed by atoms with Gasteiger partial charge in [-0.3, -0.25) is 0 Å². The summed E-state index contributed by atoms with van der Waals surface area (Å²) in [6.07, 6.45) is 3.74. The summed E-state index contributed by atoms with van der Waals surface area (Å²) in [6.45, 7) is 7.43. The molecule has 0 amide bonds. The van der Waals surface area contributed by atoms with Crippen LogP contribution < -0.4 is 10.5 Å². The molecule has 1 saturated carbocycles. The van der Waals surface area contributed by atoms with E-state index in [4.69, 9.17) is 22.1 Å². The fourth-order valence-corrected chi connectivity index (χ4v) is 3.50. The lowest BCUT2D eigenvalue weighted by molar-refractivity contribution is 0.0556. The van der Waals surface area contributed by atoms with Crippen LogP contribution in [0.15, 0.2) is 18.2 Å². The van der Waals surface area contributed by atoms with Crippen LogP contribution in [0.3, 0.4) is 0 Å². The summed E-state index contributed by atoms with van der Waals surface area (Å²) >= 11 is 6.06. The number of ether oxygens (including phenoxy) is 1. The number of halogens is 1. The highest BCUT2D eigenvalue weighted by Gasteiger charge is 2.33. The van der Waals surface area contributed by atoms with Gasteiger partial charge in [0.2, 0.25) is 0 Å². The van der Waals surface area contributed by atoms with E-state index in [1.54, 1.807) is 0 Å². The SMILES string of the molecule is CC1CC(Oc2cc(Cl)ccc2CN)CC(C)(C)C1. The Balaban J connectivity index is 2.14. The van der Waals surface area contributed by atoms with Gasteiger partial charge < -0.3 is 10.5 Å². The molecule has 1 aliphatic rings. The highest BCUT2D eigenvalue weighted by atomic mass is 35.5. The lowest BCUT2D eigenvalue weighted by Crippen LogP contribution is -2.34. The van der Waals surface area contributed by atoms with Crippen molar-refractivity contribution in [1.82, 2.24) is 0 Å². The topological polar surface area (TPSA) is 35.2 Å². The monoisotopic (exact) mass is 281 g/mol. The van der Waals surface area contributed by atoms with E-state index in [-0.39, 0.29) is 6.10 Å². The summed E-state index contributed by atoms with van der Waals surface area (Å²) in [5.74, 6) is 1.55. The maximum Gasteiger partial charge on any atom is 0.125 e. The first-order chi connectivity index (χ1) is 8.89. The predicted octanol–water partition coefficient (Wildman–Crippen LogP) is 4.39. The Hall–Kier alpha value is -0.730. The van der Waals surface area contributed by atoms with Gasteiger partial charge >= 0.3 is 0 Å². The minimum absolute atomic E-state index is 0.266. The van der Waals surface area contributed by atoms with Crippen LogP contribution >= 0.6 is 11.6 Å². The van der Waals surface area contributed by atoms with Gasteiger partial charge in [0.15, 0.2) is 0 Å². The van der Waals surface area contributed by atoms with Gasteiger partial charge in [0.1, 0.15) is 5.75 Å². The first-order valence-electron chi connectivity index (χ1n) is 7.05. The lowest BCUT2D eigenvalue weighted by Gasteiger charge is -2.39. The summed E-state index contributed by atoms with van der Waals surface area (Å²) in [5, 5.41) is 0.704. The van der Waals surface area contributed by atoms with Crippen LogP contribution in [0.25, 0.3) is 0 Å². The van der Waals surface area contributed by atoms with Crippen molar-refractivity contribution in [2.75, 3.05) is 0 Å². The lowest BCUT2D eigenvalue weighted by atomic mass is 9.71. The third kappa shape index (κ3) is 3.87. The minimum Gasteiger partial charge on any atom is -0.490 e. The molecule has 0 radical (unpaired) electrons.